The van der Waals surface area contributed by atoms with E-state index < -0.39 is 5.92 Å². The summed E-state index contributed by atoms with van der Waals surface area (Å²) in [6.45, 7) is 0. The van der Waals surface area contributed by atoms with Crippen molar-refractivity contribution in [2.24, 2.45) is 0 Å². The SMILES string of the molecule is O=C1CCCc2c1cc(C1CC(=O)N(c3ccccc3)C1=O)n2-c1ccccn1. The number of nitrogens with zero attached hydrogens (tertiary/aromatic N) is 3. The van der Waals surface area contributed by atoms with Crippen LogP contribution < -0.4 is 4.90 Å². The molecular weight excluding hydrogens is 366 g/mol. The summed E-state index contributed by atoms with van der Waals surface area (Å²) in [5.41, 5.74) is 2.77. The normalized spacial score (nSPS) is 19.0. The predicted molar refractivity (Wildman–Crippen MR) is 107 cm³/mol. The average Bonchev–Trinajstić information content (AvgIpc) is 3.27. The highest BCUT2D eigenvalue weighted by Crippen LogP contribution is 2.38. The van der Waals surface area contributed by atoms with Gasteiger partial charge in [-0.05, 0) is 43.2 Å². The van der Waals surface area contributed by atoms with Crippen molar-refractivity contribution in [3.63, 3.8) is 0 Å². The van der Waals surface area contributed by atoms with Gasteiger partial charge in [0.25, 0.3) is 0 Å². The summed E-state index contributed by atoms with van der Waals surface area (Å²) < 4.78 is 1.91. The number of benzene rings is 1. The Morgan fingerprint density at radius 1 is 0.931 bits per heavy atom. The minimum absolute atomic E-state index is 0.0810. The third-order valence-corrected chi connectivity index (χ3v) is 5.65. The van der Waals surface area contributed by atoms with E-state index in [1.807, 2.05) is 28.8 Å². The first-order valence-electron chi connectivity index (χ1n) is 9.76. The van der Waals surface area contributed by atoms with E-state index in [0.29, 0.717) is 29.2 Å². The molecular formula is C23H19N3O3. The number of Topliss-reactive ketones (excluding diaryl/α,β-unsaturated/α-hetero) is 1. The lowest BCUT2D eigenvalue weighted by Crippen LogP contribution is -2.30. The van der Waals surface area contributed by atoms with E-state index in [0.717, 1.165) is 18.5 Å². The summed E-state index contributed by atoms with van der Waals surface area (Å²) in [6.07, 6.45) is 3.79. The van der Waals surface area contributed by atoms with Crippen LogP contribution in [0.4, 0.5) is 5.69 Å². The van der Waals surface area contributed by atoms with Crippen molar-refractivity contribution in [2.75, 3.05) is 4.90 Å². The first-order valence-corrected chi connectivity index (χ1v) is 9.76. The van der Waals surface area contributed by atoms with Gasteiger partial charge in [-0.25, -0.2) is 9.88 Å². The van der Waals surface area contributed by atoms with Crippen molar-refractivity contribution in [3.05, 3.63) is 77.7 Å². The molecule has 2 amide bonds. The fourth-order valence-electron chi connectivity index (χ4n) is 4.34. The topological polar surface area (TPSA) is 72.3 Å². The van der Waals surface area contributed by atoms with E-state index in [4.69, 9.17) is 0 Å². The quantitative estimate of drug-likeness (QED) is 0.648. The van der Waals surface area contributed by atoms with Gasteiger partial charge in [-0.3, -0.25) is 14.4 Å². The molecule has 3 aromatic rings. The molecule has 29 heavy (non-hydrogen) atoms. The highest BCUT2D eigenvalue weighted by molar-refractivity contribution is 6.22. The Bertz CT molecular complexity index is 1120. The molecule has 1 aliphatic heterocycles. The summed E-state index contributed by atoms with van der Waals surface area (Å²) in [5.74, 6) is -0.385. The number of amides is 2. The minimum atomic E-state index is -0.636. The molecule has 0 radical (unpaired) electrons. The van der Waals surface area contributed by atoms with Gasteiger partial charge in [0.2, 0.25) is 11.8 Å². The van der Waals surface area contributed by atoms with Crippen LogP contribution in [0.5, 0.6) is 0 Å². The molecule has 1 aromatic carbocycles. The van der Waals surface area contributed by atoms with Crippen LogP contribution in [0.15, 0.2) is 60.8 Å². The van der Waals surface area contributed by atoms with Crippen LogP contribution in [0.25, 0.3) is 5.82 Å². The Labute approximate surface area is 167 Å². The van der Waals surface area contributed by atoms with Gasteiger partial charge in [-0.15, -0.1) is 0 Å². The van der Waals surface area contributed by atoms with Crippen LogP contribution in [0.3, 0.4) is 0 Å². The smallest absolute Gasteiger partial charge is 0.243 e. The monoisotopic (exact) mass is 385 g/mol. The zero-order valence-corrected chi connectivity index (χ0v) is 15.7. The Hall–Kier alpha value is -3.54. The van der Waals surface area contributed by atoms with E-state index in [2.05, 4.69) is 4.98 Å². The second kappa shape index (κ2) is 6.81. The number of rotatable bonds is 3. The van der Waals surface area contributed by atoms with Crippen LogP contribution >= 0.6 is 0 Å². The number of para-hydroxylation sites is 1. The number of hydrogen-bond acceptors (Lipinski definition) is 4. The molecule has 6 nitrogen and oxygen atoms in total. The lowest BCUT2D eigenvalue weighted by Gasteiger charge is -2.18. The molecule has 2 aromatic heterocycles. The standard InChI is InChI=1S/C23H19N3O3/c27-20-10-6-9-18-16(20)13-19(26(18)21-11-4-5-12-24-21)17-14-22(28)25(23(17)29)15-7-2-1-3-8-15/h1-5,7-8,11-13,17H,6,9-10,14H2. The first-order chi connectivity index (χ1) is 14.1. The Morgan fingerprint density at radius 2 is 1.72 bits per heavy atom. The third kappa shape index (κ3) is 2.79. The summed E-state index contributed by atoms with van der Waals surface area (Å²) in [4.78, 5) is 44.3. The zero-order chi connectivity index (χ0) is 20.0. The Kier molecular flexibility index (Phi) is 4.12. The molecule has 1 unspecified atom stereocenters. The van der Waals surface area contributed by atoms with Crippen molar-refractivity contribution < 1.29 is 14.4 Å². The number of carbonyl (C=O) groups excluding carboxylic acids is 3. The zero-order valence-electron chi connectivity index (χ0n) is 15.7. The van der Waals surface area contributed by atoms with Crippen LogP contribution in [0.2, 0.25) is 0 Å². The highest BCUT2D eigenvalue weighted by atomic mass is 16.2. The number of pyridine rings is 1. The van der Waals surface area contributed by atoms with Crippen molar-refractivity contribution in [1.82, 2.24) is 9.55 Å². The number of ketones is 1. The maximum Gasteiger partial charge on any atom is 0.243 e. The Morgan fingerprint density at radius 3 is 2.48 bits per heavy atom. The molecule has 0 saturated carbocycles. The van der Waals surface area contributed by atoms with E-state index >= 15 is 0 Å². The second-order valence-electron chi connectivity index (χ2n) is 7.39. The van der Waals surface area contributed by atoms with Gasteiger partial charge in [0, 0.05) is 36.0 Å². The molecule has 0 bridgehead atoms. The second-order valence-corrected chi connectivity index (χ2v) is 7.39. The van der Waals surface area contributed by atoms with Crippen molar-refractivity contribution >= 4 is 23.3 Å². The number of fused-ring (bicyclic) bond motifs is 1. The Balaban J connectivity index is 1.64. The molecule has 5 rings (SSSR count). The fourth-order valence-corrected chi connectivity index (χ4v) is 4.34. The van der Waals surface area contributed by atoms with Crippen LogP contribution in [-0.4, -0.2) is 27.1 Å². The van der Waals surface area contributed by atoms with Crippen LogP contribution in [0, 0.1) is 0 Å². The molecule has 3 heterocycles. The summed E-state index contributed by atoms with van der Waals surface area (Å²) in [7, 11) is 0. The van der Waals surface area contributed by atoms with Crippen LogP contribution in [0.1, 0.15) is 46.9 Å². The first kappa shape index (κ1) is 17.6. The van der Waals surface area contributed by atoms with Gasteiger partial charge in [0.1, 0.15) is 5.82 Å². The number of anilines is 1. The van der Waals surface area contributed by atoms with E-state index in [9.17, 15) is 14.4 Å². The molecule has 6 heteroatoms. The van der Waals surface area contributed by atoms with Gasteiger partial charge in [0.15, 0.2) is 5.78 Å². The lowest BCUT2D eigenvalue weighted by molar-refractivity contribution is -0.121. The van der Waals surface area contributed by atoms with Gasteiger partial charge in [-0.2, -0.15) is 0 Å². The van der Waals surface area contributed by atoms with E-state index in [1.54, 1.807) is 36.5 Å². The minimum Gasteiger partial charge on any atom is -0.301 e. The molecule has 2 aliphatic rings. The fraction of sp³-hybridized carbons (Fsp3) is 0.217. The van der Waals surface area contributed by atoms with Crippen molar-refractivity contribution in [3.8, 4) is 5.82 Å². The van der Waals surface area contributed by atoms with Gasteiger partial charge in [0.05, 0.1) is 11.6 Å². The summed E-state index contributed by atoms with van der Waals surface area (Å²) in [5, 5.41) is 0. The van der Waals surface area contributed by atoms with Crippen LogP contribution in [-0.2, 0) is 16.0 Å². The van der Waals surface area contributed by atoms with Gasteiger partial charge >= 0.3 is 0 Å². The van der Waals surface area contributed by atoms with Gasteiger partial charge < -0.3 is 4.57 Å². The van der Waals surface area contributed by atoms with E-state index in [-0.39, 0.29) is 24.0 Å². The number of imide groups is 1. The van der Waals surface area contributed by atoms with E-state index in [1.165, 1.54) is 4.90 Å². The maximum atomic E-state index is 13.3. The summed E-state index contributed by atoms with van der Waals surface area (Å²) in [6, 6.07) is 16.3. The maximum absolute atomic E-state index is 13.3. The average molecular weight is 385 g/mol. The lowest BCUT2D eigenvalue weighted by atomic mass is 9.96. The highest BCUT2D eigenvalue weighted by Gasteiger charge is 2.43. The van der Waals surface area contributed by atoms with Crippen molar-refractivity contribution in [1.29, 1.82) is 0 Å². The molecule has 0 spiro atoms. The number of hydrogen-bond donors (Lipinski definition) is 0. The van der Waals surface area contributed by atoms with Gasteiger partial charge in [-0.1, -0.05) is 24.3 Å². The molecule has 144 valence electrons. The molecule has 1 fully saturated rings. The number of aromatic nitrogens is 2. The van der Waals surface area contributed by atoms with Crippen molar-refractivity contribution in [2.45, 2.75) is 31.6 Å². The molecule has 1 aliphatic carbocycles. The molecule has 1 saturated heterocycles. The molecule has 0 N–H and O–H groups in total. The number of carbonyl (C=O) groups is 3. The largest absolute Gasteiger partial charge is 0.301 e. The third-order valence-electron chi connectivity index (χ3n) is 5.65. The summed E-state index contributed by atoms with van der Waals surface area (Å²) >= 11 is 0. The molecule has 1 atom stereocenters. The predicted octanol–water partition coefficient (Wildman–Crippen LogP) is 3.44.